The summed E-state index contributed by atoms with van der Waals surface area (Å²) in [5.41, 5.74) is 4.77. The molecule has 5 nitrogen and oxygen atoms in total. The Hall–Kier alpha value is -3.60. The minimum Gasteiger partial charge on any atom is -0.407 e. The van der Waals surface area contributed by atoms with Gasteiger partial charge >= 0.3 is 0 Å². The highest BCUT2D eigenvalue weighted by molar-refractivity contribution is 5.82. The number of nitrogens with zero attached hydrogens (tertiary/aromatic N) is 3. The van der Waals surface area contributed by atoms with E-state index in [4.69, 9.17) is 9.82 Å². The molecular formula is C21H16N4O. The van der Waals surface area contributed by atoms with Gasteiger partial charge in [-0.2, -0.15) is 4.73 Å². The number of aromatic amines is 1. The van der Waals surface area contributed by atoms with Gasteiger partial charge in [-0.15, -0.1) is 0 Å². The third-order valence-electron chi connectivity index (χ3n) is 4.32. The van der Waals surface area contributed by atoms with E-state index in [-0.39, 0.29) is 0 Å². The quantitative estimate of drug-likeness (QED) is 0.533. The lowest BCUT2D eigenvalue weighted by Crippen LogP contribution is -2.13. The molecule has 0 saturated heterocycles. The van der Waals surface area contributed by atoms with Crippen molar-refractivity contribution >= 4 is 22.1 Å². The highest BCUT2D eigenvalue weighted by atomic mass is 16.7. The van der Waals surface area contributed by atoms with Crippen LogP contribution in [-0.4, -0.2) is 19.7 Å². The third kappa shape index (κ3) is 2.50. The molecule has 5 rings (SSSR count). The first-order chi connectivity index (χ1) is 12.9. The first kappa shape index (κ1) is 14.7. The number of fused-ring (bicyclic) bond motifs is 2. The Bertz CT molecular complexity index is 1160. The van der Waals surface area contributed by atoms with E-state index in [2.05, 4.69) is 9.97 Å². The van der Waals surface area contributed by atoms with E-state index in [1.807, 2.05) is 78.9 Å². The van der Waals surface area contributed by atoms with Gasteiger partial charge in [0.1, 0.15) is 12.1 Å². The summed E-state index contributed by atoms with van der Waals surface area (Å²) in [7, 11) is 0. The maximum absolute atomic E-state index is 6.12. The molecule has 0 radical (unpaired) electrons. The number of benzene rings is 3. The number of H-pyrrole nitrogens is 1. The Morgan fingerprint density at radius 3 is 2.35 bits per heavy atom. The molecule has 2 aromatic heterocycles. The van der Waals surface area contributed by atoms with Crippen molar-refractivity contribution in [3.05, 3.63) is 84.4 Å². The molecule has 0 saturated carbocycles. The Balaban J connectivity index is 1.62. The van der Waals surface area contributed by atoms with Gasteiger partial charge < -0.3 is 9.82 Å². The molecule has 0 spiro atoms. The van der Waals surface area contributed by atoms with Crippen LogP contribution in [0.1, 0.15) is 5.56 Å². The van der Waals surface area contributed by atoms with Crippen LogP contribution in [-0.2, 0) is 6.61 Å². The number of nitrogens with one attached hydrogen (secondary N) is 1. The van der Waals surface area contributed by atoms with Crippen molar-refractivity contribution in [2.45, 2.75) is 6.61 Å². The number of hydrogen-bond donors (Lipinski definition) is 1. The summed E-state index contributed by atoms with van der Waals surface area (Å²) in [4.78, 5) is 18.9. The van der Waals surface area contributed by atoms with Crippen LogP contribution in [0.2, 0.25) is 0 Å². The van der Waals surface area contributed by atoms with Gasteiger partial charge in [-0.25, -0.2) is 9.97 Å². The normalized spacial score (nSPS) is 11.2. The second-order valence-corrected chi connectivity index (χ2v) is 6.08. The molecule has 0 atom stereocenters. The lowest BCUT2D eigenvalue weighted by atomic mass is 10.2. The molecule has 0 aliphatic rings. The van der Waals surface area contributed by atoms with Gasteiger partial charge in [-0.05, 0) is 29.8 Å². The number of aromatic nitrogens is 4. The van der Waals surface area contributed by atoms with E-state index in [0.717, 1.165) is 27.6 Å². The Morgan fingerprint density at radius 2 is 1.50 bits per heavy atom. The van der Waals surface area contributed by atoms with Crippen LogP contribution in [0.4, 0.5) is 0 Å². The highest BCUT2D eigenvalue weighted by Crippen LogP contribution is 2.24. The van der Waals surface area contributed by atoms with Crippen LogP contribution >= 0.6 is 0 Å². The van der Waals surface area contributed by atoms with Crippen molar-refractivity contribution in [3.8, 4) is 11.6 Å². The molecule has 1 N–H and O–H groups in total. The molecule has 5 heteroatoms. The highest BCUT2D eigenvalue weighted by Gasteiger charge is 2.17. The lowest BCUT2D eigenvalue weighted by molar-refractivity contribution is 0.109. The molecule has 0 aliphatic heterocycles. The molecule has 3 aromatic carbocycles. The number of para-hydroxylation sites is 4. The Labute approximate surface area is 149 Å². The summed E-state index contributed by atoms with van der Waals surface area (Å²) in [5.74, 6) is 1.36. The van der Waals surface area contributed by atoms with Crippen molar-refractivity contribution < 1.29 is 4.84 Å². The van der Waals surface area contributed by atoms with E-state index in [9.17, 15) is 0 Å². The molecule has 26 heavy (non-hydrogen) atoms. The number of hydrogen-bond acceptors (Lipinski definition) is 3. The van der Waals surface area contributed by atoms with E-state index in [1.165, 1.54) is 0 Å². The maximum atomic E-state index is 6.12. The average Bonchev–Trinajstić information content (AvgIpc) is 3.28. The van der Waals surface area contributed by atoms with E-state index in [1.54, 1.807) is 4.73 Å². The monoisotopic (exact) mass is 340 g/mol. The maximum Gasteiger partial charge on any atom is 0.212 e. The van der Waals surface area contributed by atoms with Crippen LogP contribution in [0.25, 0.3) is 33.7 Å². The topological polar surface area (TPSA) is 55.7 Å². The van der Waals surface area contributed by atoms with Crippen molar-refractivity contribution in [1.29, 1.82) is 0 Å². The zero-order valence-corrected chi connectivity index (χ0v) is 14.0. The molecule has 126 valence electrons. The Kier molecular flexibility index (Phi) is 3.42. The Morgan fingerprint density at radius 1 is 0.769 bits per heavy atom. The fraction of sp³-hybridized carbons (Fsp3) is 0.0476. The van der Waals surface area contributed by atoms with Crippen molar-refractivity contribution in [1.82, 2.24) is 19.7 Å². The minimum atomic E-state index is 0.453. The predicted molar refractivity (Wildman–Crippen MR) is 102 cm³/mol. The molecule has 2 heterocycles. The molecule has 0 bridgehead atoms. The molecule has 0 unspecified atom stereocenters. The summed E-state index contributed by atoms with van der Waals surface area (Å²) < 4.78 is 1.76. The number of imidazole rings is 2. The summed E-state index contributed by atoms with van der Waals surface area (Å²) >= 11 is 0. The first-order valence-electron chi connectivity index (χ1n) is 8.48. The number of rotatable bonds is 4. The molecular weight excluding hydrogens is 324 g/mol. The zero-order chi connectivity index (χ0) is 17.3. The SMILES string of the molecule is c1ccc(COn2c(-c3nc4ccccc4[nH]3)nc3ccccc32)cc1. The molecule has 0 amide bonds. The van der Waals surface area contributed by atoms with Gasteiger partial charge in [0.2, 0.25) is 5.82 Å². The predicted octanol–water partition coefficient (Wildman–Crippen LogP) is 4.21. The minimum absolute atomic E-state index is 0.453. The van der Waals surface area contributed by atoms with Gasteiger partial charge in [-0.1, -0.05) is 54.6 Å². The smallest absolute Gasteiger partial charge is 0.212 e. The van der Waals surface area contributed by atoms with Crippen molar-refractivity contribution in [2.24, 2.45) is 0 Å². The van der Waals surface area contributed by atoms with Crippen LogP contribution in [0.15, 0.2) is 78.9 Å². The molecule has 0 aliphatic carbocycles. The van der Waals surface area contributed by atoms with E-state index in [0.29, 0.717) is 18.3 Å². The van der Waals surface area contributed by atoms with E-state index >= 15 is 0 Å². The van der Waals surface area contributed by atoms with Crippen molar-refractivity contribution in [2.75, 3.05) is 0 Å². The summed E-state index contributed by atoms with van der Waals surface area (Å²) in [5, 5.41) is 0. The third-order valence-corrected chi connectivity index (χ3v) is 4.32. The molecule has 0 fully saturated rings. The lowest BCUT2D eigenvalue weighted by Gasteiger charge is -2.10. The second-order valence-electron chi connectivity index (χ2n) is 6.08. The fourth-order valence-electron chi connectivity index (χ4n) is 3.06. The van der Waals surface area contributed by atoms with Gasteiger partial charge in [-0.3, -0.25) is 0 Å². The van der Waals surface area contributed by atoms with Crippen LogP contribution in [0, 0.1) is 0 Å². The van der Waals surface area contributed by atoms with Crippen LogP contribution in [0.5, 0.6) is 0 Å². The summed E-state index contributed by atoms with van der Waals surface area (Å²) in [6, 6.07) is 26.0. The van der Waals surface area contributed by atoms with Gasteiger partial charge in [0.15, 0.2) is 5.82 Å². The standard InChI is InChI=1S/C21H16N4O/c1-2-8-15(9-3-1)14-26-25-19-13-7-6-12-18(19)24-21(25)20-22-16-10-4-5-11-17(16)23-20/h1-13H,14H2,(H,22,23). The fourth-order valence-corrected chi connectivity index (χ4v) is 3.06. The summed E-state index contributed by atoms with van der Waals surface area (Å²) in [6.45, 7) is 0.453. The van der Waals surface area contributed by atoms with E-state index < -0.39 is 0 Å². The average molecular weight is 340 g/mol. The second kappa shape index (κ2) is 6.04. The van der Waals surface area contributed by atoms with Gasteiger partial charge in [0.05, 0.1) is 16.6 Å². The van der Waals surface area contributed by atoms with Crippen LogP contribution < -0.4 is 4.84 Å². The zero-order valence-electron chi connectivity index (χ0n) is 14.0. The largest absolute Gasteiger partial charge is 0.407 e. The van der Waals surface area contributed by atoms with Crippen LogP contribution in [0.3, 0.4) is 0 Å². The first-order valence-corrected chi connectivity index (χ1v) is 8.48. The molecule has 5 aromatic rings. The van der Waals surface area contributed by atoms with Crippen molar-refractivity contribution in [3.63, 3.8) is 0 Å². The summed E-state index contributed by atoms with van der Waals surface area (Å²) in [6.07, 6.45) is 0. The van der Waals surface area contributed by atoms with Gasteiger partial charge in [0, 0.05) is 0 Å². The van der Waals surface area contributed by atoms with Gasteiger partial charge in [0.25, 0.3) is 0 Å².